The molecule has 0 spiro atoms. The fraction of sp³-hybridized carbons (Fsp3) is 0.231. The third kappa shape index (κ3) is 2.66. The van der Waals surface area contributed by atoms with E-state index in [9.17, 15) is 4.79 Å². The smallest absolute Gasteiger partial charge is 0.277 e. The number of amides is 1. The lowest BCUT2D eigenvalue weighted by Crippen LogP contribution is -2.13. The highest BCUT2D eigenvalue weighted by atomic mass is 16.5. The molecule has 2 aromatic rings. The molecule has 0 aliphatic carbocycles. The quantitative estimate of drug-likeness (QED) is 0.827. The lowest BCUT2D eigenvalue weighted by molar-refractivity contribution is 0.101. The van der Waals surface area contributed by atoms with Crippen LogP contribution < -0.4 is 20.5 Å². The molecule has 0 aliphatic rings. The molecular weight excluding hydrogens is 262 g/mol. The molecule has 7 heteroatoms. The standard InChI is InChI=1S/C13H15N3O4/c1-7-4-10(16-20-7)13(17)15-9-6-12(19-3)11(18-2)5-8(9)14/h4-6H,14H2,1-3H3,(H,15,17). The summed E-state index contributed by atoms with van der Waals surface area (Å²) in [5.74, 6) is 1.09. The largest absolute Gasteiger partial charge is 0.493 e. The summed E-state index contributed by atoms with van der Waals surface area (Å²) in [6, 6.07) is 4.69. The van der Waals surface area contributed by atoms with Crippen LogP contribution in [0.4, 0.5) is 11.4 Å². The average molecular weight is 277 g/mol. The van der Waals surface area contributed by atoms with Crippen LogP contribution in [0.1, 0.15) is 16.2 Å². The van der Waals surface area contributed by atoms with Crippen molar-refractivity contribution >= 4 is 17.3 Å². The van der Waals surface area contributed by atoms with Gasteiger partial charge in [-0.1, -0.05) is 5.16 Å². The van der Waals surface area contributed by atoms with E-state index < -0.39 is 5.91 Å². The van der Waals surface area contributed by atoms with Crippen molar-refractivity contribution in [1.82, 2.24) is 5.16 Å². The molecule has 3 N–H and O–H groups in total. The number of nitrogens with zero attached hydrogens (tertiary/aromatic N) is 1. The number of aromatic nitrogens is 1. The van der Waals surface area contributed by atoms with Crippen molar-refractivity contribution in [2.45, 2.75) is 6.92 Å². The Hall–Kier alpha value is -2.70. The minimum atomic E-state index is -0.416. The molecule has 0 atom stereocenters. The van der Waals surface area contributed by atoms with Gasteiger partial charge in [-0.15, -0.1) is 0 Å². The average Bonchev–Trinajstić information content (AvgIpc) is 2.87. The third-order valence-electron chi connectivity index (χ3n) is 2.66. The van der Waals surface area contributed by atoms with Crippen LogP contribution in [0.3, 0.4) is 0 Å². The fourth-order valence-electron chi connectivity index (χ4n) is 1.66. The van der Waals surface area contributed by atoms with Gasteiger partial charge < -0.3 is 25.0 Å². The number of hydrogen-bond donors (Lipinski definition) is 2. The second-order valence-electron chi connectivity index (χ2n) is 4.07. The van der Waals surface area contributed by atoms with E-state index in [0.29, 0.717) is 28.6 Å². The van der Waals surface area contributed by atoms with Crippen LogP contribution in [0.2, 0.25) is 0 Å². The fourth-order valence-corrected chi connectivity index (χ4v) is 1.66. The highest BCUT2D eigenvalue weighted by Gasteiger charge is 2.15. The second kappa shape index (κ2) is 5.52. The molecule has 106 valence electrons. The maximum Gasteiger partial charge on any atom is 0.277 e. The number of anilines is 2. The zero-order valence-corrected chi connectivity index (χ0v) is 11.4. The van der Waals surface area contributed by atoms with Crippen molar-refractivity contribution in [2.75, 3.05) is 25.3 Å². The predicted octanol–water partition coefficient (Wildman–Crippen LogP) is 1.83. The molecule has 0 saturated carbocycles. The van der Waals surface area contributed by atoms with E-state index in [0.717, 1.165) is 0 Å². The van der Waals surface area contributed by atoms with E-state index in [-0.39, 0.29) is 5.69 Å². The highest BCUT2D eigenvalue weighted by molar-refractivity contribution is 6.04. The van der Waals surface area contributed by atoms with Gasteiger partial charge in [-0.25, -0.2) is 0 Å². The Labute approximate surface area is 115 Å². The predicted molar refractivity (Wildman–Crippen MR) is 73.2 cm³/mol. The van der Waals surface area contributed by atoms with Gasteiger partial charge >= 0.3 is 0 Å². The van der Waals surface area contributed by atoms with Gasteiger partial charge in [0.15, 0.2) is 17.2 Å². The van der Waals surface area contributed by atoms with Gasteiger partial charge in [0.2, 0.25) is 0 Å². The molecule has 0 radical (unpaired) electrons. The minimum absolute atomic E-state index is 0.177. The number of aryl methyl sites for hydroxylation is 1. The Bertz CT molecular complexity index is 637. The van der Waals surface area contributed by atoms with Gasteiger partial charge in [-0.05, 0) is 6.92 Å². The van der Waals surface area contributed by atoms with E-state index in [2.05, 4.69) is 10.5 Å². The number of methoxy groups -OCH3 is 2. The van der Waals surface area contributed by atoms with Gasteiger partial charge in [0.25, 0.3) is 5.91 Å². The first-order valence-electron chi connectivity index (χ1n) is 5.81. The number of nitrogens with one attached hydrogen (secondary N) is 1. The number of hydrogen-bond acceptors (Lipinski definition) is 6. The number of carbonyl (C=O) groups is 1. The molecule has 0 aliphatic heterocycles. The van der Waals surface area contributed by atoms with Crippen molar-refractivity contribution in [3.05, 3.63) is 29.7 Å². The van der Waals surface area contributed by atoms with Crippen molar-refractivity contribution in [3.63, 3.8) is 0 Å². The third-order valence-corrected chi connectivity index (χ3v) is 2.66. The summed E-state index contributed by atoms with van der Waals surface area (Å²) in [6.07, 6.45) is 0. The van der Waals surface area contributed by atoms with Crippen LogP contribution in [-0.2, 0) is 0 Å². The molecule has 1 heterocycles. The molecule has 2 rings (SSSR count). The molecule has 0 fully saturated rings. The minimum Gasteiger partial charge on any atom is -0.493 e. The first-order valence-corrected chi connectivity index (χ1v) is 5.81. The molecule has 0 unspecified atom stereocenters. The van der Waals surface area contributed by atoms with Crippen molar-refractivity contribution in [2.24, 2.45) is 0 Å². The molecule has 0 bridgehead atoms. The van der Waals surface area contributed by atoms with Crippen LogP contribution >= 0.6 is 0 Å². The SMILES string of the molecule is COc1cc(N)c(NC(=O)c2cc(C)on2)cc1OC. The molecule has 1 amide bonds. The summed E-state index contributed by atoms with van der Waals surface area (Å²) in [5.41, 5.74) is 6.80. The number of nitrogens with two attached hydrogens (primary N) is 1. The van der Waals surface area contributed by atoms with E-state index in [4.69, 9.17) is 19.7 Å². The van der Waals surface area contributed by atoms with Gasteiger partial charge in [-0.3, -0.25) is 4.79 Å². The summed E-state index contributed by atoms with van der Waals surface area (Å²) in [6.45, 7) is 1.70. The summed E-state index contributed by atoms with van der Waals surface area (Å²) in [7, 11) is 3.01. The van der Waals surface area contributed by atoms with Crippen molar-refractivity contribution < 1.29 is 18.8 Å². The van der Waals surface area contributed by atoms with Gasteiger partial charge in [0, 0.05) is 18.2 Å². The molecule has 0 saturated heterocycles. The molecule has 1 aromatic heterocycles. The topological polar surface area (TPSA) is 99.6 Å². The summed E-state index contributed by atoms with van der Waals surface area (Å²) < 4.78 is 15.1. The van der Waals surface area contributed by atoms with Gasteiger partial charge in [0.1, 0.15) is 5.76 Å². The van der Waals surface area contributed by atoms with Crippen LogP contribution in [0, 0.1) is 6.92 Å². The number of carbonyl (C=O) groups excluding carboxylic acids is 1. The molecule has 1 aromatic carbocycles. The van der Waals surface area contributed by atoms with Gasteiger partial charge in [0.05, 0.1) is 25.6 Å². The summed E-state index contributed by atoms with van der Waals surface area (Å²) in [5, 5.41) is 6.28. The van der Waals surface area contributed by atoms with Crippen LogP contribution in [-0.4, -0.2) is 25.3 Å². The lowest BCUT2D eigenvalue weighted by Gasteiger charge is -2.12. The Morgan fingerprint density at radius 1 is 1.25 bits per heavy atom. The van der Waals surface area contributed by atoms with E-state index in [1.165, 1.54) is 20.3 Å². The second-order valence-corrected chi connectivity index (χ2v) is 4.07. The van der Waals surface area contributed by atoms with Crippen molar-refractivity contribution in [3.8, 4) is 11.5 Å². The maximum atomic E-state index is 12.0. The van der Waals surface area contributed by atoms with Gasteiger partial charge in [-0.2, -0.15) is 0 Å². The zero-order valence-electron chi connectivity index (χ0n) is 11.4. The number of benzene rings is 1. The number of nitrogen functional groups attached to an aromatic ring is 1. The Balaban J connectivity index is 2.27. The maximum absolute atomic E-state index is 12.0. The molecule has 20 heavy (non-hydrogen) atoms. The number of ether oxygens (including phenoxy) is 2. The van der Waals surface area contributed by atoms with E-state index in [1.54, 1.807) is 19.1 Å². The summed E-state index contributed by atoms with van der Waals surface area (Å²) >= 11 is 0. The highest BCUT2D eigenvalue weighted by Crippen LogP contribution is 2.34. The zero-order chi connectivity index (χ0) is 14.7. The van der Waals surface area contributed by atoms with E-state index >= 15 is 0 Å². The molecular formula is C13H15N3O4. The normalized spacial score (nSPS) is 10.2. The summed E-state index contributed by atoms with van der Waals surface area (Å²) in [4.78, 5) is 12.0. The first-order chi connectivity index (χ1) is 9.55. The van der Waals surface area contributed by atoms with Crippen LogP contribution in [0.25, 0.3) is 0 Å². The van der Waals surface area contributed by atoms with E-state index in [1.807, 2.05) is 0 Å². The van der Waals surface area contributed by atoms with Crippen LogP contribution in [0.5, 0.6) is 11.5 Å². The van der Waals surface area contributed by atoms with Crippen LogP contribution in [0.15, 0.2) is 22.7 Å². The Morgan fingerprint density at radius 2 is 1.90 bits per heavy atom. The Morgan fingerprint density at radius 3 is 2.45 bits per heavy atom. The van der Waals surface area contributed by atoms with Crippen molar-refractivity contribution in [1.29, 1.82) is 0 Å². The lowest BCUT2D eigenvalue weighted by atomic mass is 10.2. The monoisotopic (exact) mass is 277 g/mol. The first kappa shape index (κ1) is 13.7. The molecule has 7 nitrogen and oxygen atoms in total. The number of rotatable bonds is 4. The Kier molecular flexibility index (Phi) is 3.79.